The van der Waals surface area contributed by atoms with Crippen molar-refractivity contribution in [2.75, 3.05) is 19.0 Å². The molecular weight excluding hydrogens is 431 g/mol. The van der Waals surface area contributed by atoms with Crippen LogP contribution in [0.2, 0.25) is 0 Å². The maximum Gasteiger partial charge on any atom is 0.416 e. The number of methoxy groups -OCH3 is 1. The molecule has 0 bridgehead atoms. The minimum absolute atomic E-state index is 0.113. The molecule has 0 aliphatic carbocycles. The van der Waals surface area contributed by atoms with E-state index in [2.05, 4.69) is 20.9 Å². The van der Waals surface area contributed by atoms with Crippen molar-refractivity contribution >= 4 is 11.7 Å². The van der Waals surface area contributed by atoms with Gasteiger partial charge in [-0.1, -0.05) is 5.21 Å². The molecule has 9 nitrogen and oxygen atoms in total. The third-order valence-electron chi connectivity index (χ3n) is 5.14. The number of nitrogens with zero attached hydrogens (tertiary/aromatic N) is 3. The maximum absolute atomic E-state index is 12.6. The summed E-state index contributed by atoms with van der Waals surface area (Å²) in [6, 6.07) is 3.15. The number of aryl methyl sites for hydroxylation is 1. The van der Waals surface area contributed by atoms with E-state index in [-0.39, 0.29) is 18.4 Å². The number of hydrogen-bond acceptors (Lipinski definition) is 6. The zero-order chi connectivity index (χ0) is 23.1. The van der Waals surface area contributed by atoms with Gasteiger partial charge in [-0.25, -0.2) is 4.79 Å². The molecule has 3 atom stereocenters. The molecule has 1 aliphatic heterocycles. The summed E-state index contributed by atoms with van der Waals surface area (Å²) >= 11 is 0. The predicted molar refractivity (Wildman–Crippen MR) is 108 cm³/mol. The Hall–Kier alpha value is -2.70. The molecule has 0 unspecified atom stereocenters. The summed E-state index contributed by atoms with van der Waals surface area (Å²) < 4.78 is 50.6. The number of hydrogen-bond donors (Lipinski definition) is 3. The van der Waals surface area contributed by atoms with E-state index < -0.39 is 29.9 Å². The monoisotopic (exact) mass is 457 g/mol. The van der Waals surface area contributed by atoms with E-state index in [1.807, 2.05) is 0 Å². The SMILES string of the molecule is COCc1cn(CC[C@H]2CC[C@H](NC(=O)Nc3ccc(C(F)(F)F)cc3)[C@@H](CO)O2)nn1. The van der Waals surface area contributed by atoms with Gasteiger partial charge in [0.25, 0.3) is 0 Å². The number of amides is 2. The summed E-state index contributed by atoms with van der Waals surface area (Å²) in [4.78, 5) is 12.3. The first-order chi connectivity index (χ1) is 15.3. The first-order valence-corrected chi connectivity index (χ1v) is 10.2. The number of nitrogens with one attached hydrogen (secondary N) is 2. The van der Waals surface area contributed by atoms with E-state index in [1.54, 1.807) is 18.0 Å². The second kappa shape index (κ2) is 10.7. The number of halogens is 3. The second-order valence-corrected chi connectivity index (χ2v) is 7.53. The lowest BCUT2D eigenvalue weighted by Crippen LogP contribution is -2.52. The van der Waals surface area contributed by atoms with Crippen LogP contribution in [0.25, 0.3) is 0 Å². The number of carbonyl (C=O) groups excluding carboxylic acids is 1. The van der Waals surface area contributed by atoms with Gasteiger partial charge in [-0.3, -0.25) is 4.68 Å². The van der Waals surface area contributed by atoms with Crippen molar-refractivity contribution in [2.24, 2.45) is 0 Å². The zero-order valence-electron chi connectivity index (χ0n) is 17.5. The third kappa shape index (κ3) is 6.65. The van der Waals surface area contributed by atoms with Crippen LogP contribution in [0.3, 0.4) is 0 Å². The predicted octanol–water partition coefficient (Wildman–Crippen LogP) is 2.56. The number of urea groups is 1. The number of ether oxygens (including phenoxy) is 2. The Morgan fingerprint density at radius 3 is 2.72 bits per heavy atom. The number of carbonyl (C=O) groups is 1. The maximum atomic E-state index is 12.6. The normalized spacial score (nSPS) is 21.3. The summed E-state index contributed by atoms with van der Waals surface area (Å²) in [5, 5.41) is 22.9. The quantitative estimate of drug-likeness (QED) is 0.562. The first kappa shape index (κ1) is 24.0. The third-order valence-corrected chi connectivity index (χ3v) is 5.14. The highest BCUT2D eigenvalue weighted by molar-refractivity contribution is 5.89. The molecule has 0 saturated carbocycles. The summed E-state index contributed by atoms with van der Waals surface area (Å²) in [5.41, 5.74) is 0.163. The Bertz CT molecular complexity index is 875. The van der Waals surface area contributed by atoms with Crippen LogP contribution in [-0.4, -0.2) is 58.1 Å². The van der Waals surface area contributed by atoms with Crippen LogP contribution in [0, 0.1) is 0 Å². The molecule has 2 amide bonds. The van der Waals surface area contributed by atoms with Crippen molar-refractivity contribution in [3.63, 3.8) is 0 Å². The largest absolute Gasteiger partial charge is 0.416 e. The number of aliphatic hydroxyl groups excluding tert-OH is 1. The molecule has 3 rings (SSSR count). The van der Waals surface area contributed by atoms with Gasteiger partial charge >= 0.3 is 12.2 Å². The molecule has 0 radical (unpaired) electrons. The molecule has 3 N–H and O–H groups in total. The highest BCUT2D eigenvalue weighted by atomic mass is 19.4. The van der Waals surface area contributed by atoms with Gasteiger partial charge in [0.1, 0.15) is 11.8 Å². The van der Waals surface area contributed by atoms with Gasteiger partial charge in [-0.15, -0.1) is 5.10 Å². The summed E-state index contributed by atoms with van der Waals surface area (Å²) in [6.07, 6.45) is -1.43. The Morgan fingerprint density at radius 1 is 1.31 bits per heavy atom. The zero-order valence-corrected chi connectivity index (χ0v) is 17.5. The van der Waals surface area contributed by atoms with Gasteiger partial charge in [0.2, 0.25) is 0 Å². The molecule has 32 heavy (non-hydrogen) atoms. The summed E-state index contributed by atoms with van der Waals surface area (Å²) in [7, 11) is 1.58. The van der Waals surface area contributed by atoms with E-state index in [1.165, 1.54) is 12.1 Å². The molecule has 1 aromatic carbocycles. The van der Waals surface area contributed by atoms with E-state index in [0.717, 1.165) is 17.8 Å². The lowest BCUT2D eigenvalue weighted by molar-refractivity contribution is -0.137. The average Bonchev–Trinajstić information content (AvgIpc) is 3.20. The molecule has 2 aromatic rings. The molecule has 1 aromatic heterocycles. The standard InChI is InChI=1S/C20H26F3N5O4/c1-31-12-15-10-28(27-26-15)9-8-16-6-7-17(18(11-29)32-16)25-19(30)24-14-4-2-13(3-5-14)20(21,22)23/h2-5,10,16-18,29H,6-9,11-12H2,1H3,(H2,24,25,30)/t16-,17+,18-/m1/s1. The van der Waals surface area contributed by atoms with Crippen molar-refractivity contribution < 1.29 is 32.5 Å². The number of rotatable bonds is 8. The minimum atomic E-state index is -4.44. The fourth-order valence-corrected chi connectivity index (χ4v) is 3.53. The van der Waals surface area contributed by atoms with Crippen LogP contribution in [0.15, 0.2) is 30.5 Å². The first-order valence-electron chi connectivity index (χ1n) is 10.2. The Kier molecular flexibility index (Phi) is 8.04. The molecule has 1 saturated heterocycles. The van der Waals surface area contributed by atoms with E-state index in [0.29, 0.717) is 32.4 Å². The summed E-state index contributed by atoms with van der Waals surface area (Å²) in [6.45, 7) is 0.698. The smallest absolute Gasteiger partial charge is 0.394 e. The molecule has 1 aliphatic rings. The van der Waals surface area contributed by atoms with Crippen molar-refractivity contribution in [1.82, 2.24) is 20.3 Å². The topological polar surface area (TPSA) is 111 Å². The molecule has 2 heterocycles. The van der Waals surface area contributed by atoms with Crippen molar-refractivity contribution in [3.05, 3.63) is 41.7 Å². The number of alkyl halides is 3. The Balaban J connectivity index is 1.46. The van der Waals surface area contributed by atoms with Crippen molar-refractivity contribution in [3.8, 4) is 0 Å². The molecule has 176 valence electrons. The van der Waals surface area contributed by atoms with Crippen LogP contribution in [0.5, 0.6) is 0 Å². The van der Waals surface area contributed by atoms with Gasteiger partial charge in [0, 0.05) is 19.3 Å². The summed E-state index contributed by atoms with van der Waals surface area (Å²) in [5.74, 6) is 0. The number of aliphatic hydroxyl groups is 1. The van der Waals surface area contributed by atoms with Gasteiger partial charge in [-0.05, 0) is 43.5 Å². The van der Waals surface area contributed by atoms with E-state index in [4.69, 9.17) is 9.47 Å². The van der Waals surface area contributed by atoms with Gasteiger partial charge in [0.05, 0.1) is 37.1 Å². The Morgan fingerprint density at radius 2 is 2.06 bits per heavy atom. The fraction of sp³-hybridized carbons (Fsp3) is 0.550. The lowest BCUT2D eigenvalue weighted by atomic mass is 9.97. The van der Waals surface area contributed by atoms with Crippen molar-refractivity contribution in [2.45, 2.75) is 56.8 Å². The van der Waals surface area contributed by atoms with E-state index in [9.17, 15) is 23.1 Å². The van der Waals surface area contributed by atoms with Crippen LogP contribution in [0.4, 0.5) is 23.7 Å². The second-order valence-electron chi connectivity index (χ2n) is 7.53. The Labute approximate surface area is 182 Å². The number of anilines is 1. The minimum Gasteiger partial charge on any atom is -0.394 e. The van der Waals surface area contributed by atoms with Crippen molar-refractivity contribution in [1.29, 1.82) is 0 Å². The number of aromatic nitrogens is 3. The van der Waals surface area contributed by atoms with Crippen LogP contribution < -0.4 is 10.6 Å². The molecular formula is C20H26F3N5O4. The highest BCUT2D eigenvalue weighted by Gasteiger charge is 2.32. The van der Waals surface area contributed by atoms with E-state index >= 15 is 0 Å². The van der Waals surface area contributed by atoms with Gasteiger partial charge < -0.3 is 25.2 Å². The molecule has 0 spiro atoms. The average molecular weight is 457 g/mol. The fourth-order valence-electron chi connectivity index (χ4n) is 3.53. The van der Waals surface area contributed by atoms with Gasteiger partial charge in [0.15, 0.2) is 0 Å². The van der Waals surface area contributed by atoms with Crippen LogP contribution in [0.1, 0.15) is 30.5 Å². The lowest BCUT2D eigenvalue weighted by Gasteiger charge is -2.36. The molecule has 12 heteroatoms. The molecule has 1 fully saturated rings. The van der Waals surface area contributed by atoms with Gasteiger partial charge in [-0.2, -0.15) is 13.2 Å². The highest BCUT2D eigenvalue weighted by Crippen LogP contribution is 2.30. The van der Waals surface area contributed by atoms with Crippen LogP contribution >= 0.6 is 0 Å². The van der Waals surface area contributed by atoms with Crippen LogP contribution in [-0.2, 0) is 28.8 Å². The number of benzene rings is 1.